The van der Waals surface area contributed by atoms with E-state index in [2.05, 4.69) is 25.3 Å². The Morgan fingerprint density at radius 3 is 2.43 bits per heavy atom. The molecule has 1 saturated carbocycles. The Kier molecular flexibility index (Phi) is 8.57. The van der Waals surface area contributed by atoms with Crippen molar-refractivity contribution in [1.29, 1.82) is 0 Å². The number of hydrogen-bond donors (Lipinski definition) is 3. The normalized spacial score (nSPS) is 19.0. The Morgan fingerprint density at radius 2 is 1.78 bits per heavy atom. The summed E-state index contributed by atoms with van der Waals surface area (Å²) in [5, 5.41) is 22.4. The van der Waals surface area contributed by atoms with Gasteiger partial charge >= 0.3 is 0 Å². The van der Waals surface area contributed by atoms with Crippen molar-refractivity contribution in [1.82, 2.24) is 15.1 Å². The van der Waals surface area contributed by atoms with Gasteiger partial charge < -0.3 is 15.4 Å². The van der Waals surface area contributed by atoms with Crippen LogP contribution in [0.5, 0.6) is 5.75 Å². The van der Waals surface area contributed by atoms with Gasteiger partial charge in [-0.25, -0.2) is 13.4 Å². The number of nitrogens with one attached hydrogen (secondary N) is 3. The summed E-state index contributed by atoms with van der Waals surface area (Å²) < 4.78 is 34.7. The van der Waals surface area contributed by atoms with Crippen molar-refractivity contribution in [2.24, 2.45) is 10.3 Å². The number of benzene rings is 2. The highest BCUT2D eigenvalue weighted by Gasteiger charge is 2.35. The maximum atomic E-state index is 13.7. The average Bonchev–Trinajstić information content (AvgIpc) is 3.55. The Hall–Kier alpha value is -3.97. The van der Waals surface area contributed by atoms with Gasteiger partial charge in [-0.2, -0.15) is 10.2 Å². The highest BCUT2D eigenvalue weighted by molar-refractivity contribution is 7.92. The number of amides is 1. The smallest absolute Gasteiger partial charge is 0.255 e. The second-order valence-electron chi connectivity index (χ2n) is 13.7. The van der Waals surface area contributed by atoms with Gasteiger partial charge in [0.2, 0.25) is 10.0 Å². The van der Waals surface area contributed by atoms with Crippen LogP contribution in [0.3, 0.4) is 0 Å². The van der Waals surface area contributed by atoms with Crippen molar-refractivity contribution in [3.8, 4) is 5.75 Å². The largest absolute Gasteiger partial charge is 0.492 e. The van der Waals surface area contributed by atoms with Crippen molar-refractivity contribution in [3.63, 3.8) is 0 Å². The van der Waals surface area contributed by atoms with E-state index in [9.17, 15) is 13.2 Å². The Bertz CT molecular complexity index is 1770. The zero-order valence-electron chi connectivity index (χ0n) is 27.4. The number of nitrogens with zero attached hydrogens (tertiary/aromatic N) is 5. The number of carbonyl (C=O) groups excluding carboxylic acids is 1. The maximum absolute atomic E-state index is 13.7. The molecule has 3 N–H and O–H groups in total. The van der Waals surface area contributed by atoms with Crippen molar-refractivity contribution < 1.29 is 17.9 Å². The second kappa shape index (κ2) is 12.3. The van der Waals surface area contributed by atoms with Crippen LogP contribution in [0.15, 0.2) is 46.9 Å². The maximum Gasteiger partial charge on any atom is 0.255 e. The van der Waals surface area contributed by atoms with E-state index in [0.717, 1.165) is 54.6 Å². The van der Waals surface area contributed by atoms with Gasteiger partial charge in [0.1, 0.15) is 6.04 Å². The highest BCUT2D eigenvalue weighted by atomic mass is 32.2. The van der Waals surface area contributed by atoms with Crippen LogP contribution in [0.2, 0.25) is 0 Å². The minimum Gasteiger partial charge on any atom is -0.492 e. The molecule has 1 unspecified atom stereocenters. The first-order chi connectivity index (χ1) is 21.8. The summed E-state index contributed by atoms with van der Waals surface area (Å²) >= 11 is 0. The SMILES string of the molecule is COc1c(NC(=O)c2ccc(C)c(N3CC(c4cnn(C5CC5)c4C4CCNCC4)N=N3)c2)cc(C(C)(C)C)cc1NS(C)(=O)=O. The van der Waals surface area contributed by atoms with E-state index in [4.69, 9.17) is 14.9 Å². The minimum atomic E-state index is -3.60. The fraction of sp³-hybridized carbons (Fsp3) is 0.515. The molecule has 3 aromatic rings. The first kappa shape index (κ1) is 32.0. The summed E-state index contributed by atoms with van der Waals surface area (Å²) in [7, 11) is -2.16. The second-order valence-corrected chi connectivity index (χ2v) is 15.4. The molecule has 1 amide bonds. The first-order valence-corrected chi connectivity index (χ1v) is 17.8. The number of hydrogen-bond acceptors (Lipinski definition) is 9. The lowest BCUT2D eigenvalue weighted by molar-refractivity contribution is 0.102. The van der Waals surface area contributed by atoms with E-state index in [1.807, 2.05) is 57.1 Å². The number of anilines is 3. The number of ether oxygens (including phenoxy) is 1. The quantitative estimate of drug-likeness (QED) is 0.264. The van der Waals surface area contributed by atoms with Crippen LogP contribution in [0, 0.1) is 6.92 Å². The number of methoxy groups -OCH3 is 1. The molecule has 12 nitrogen and oxygen atoms in total. The molecule has 1 atom stereocenters. The zero-order chi connectivity index (χ0) is 32.8. The molecule has 0 spiro atoms. The molecule has 1 aliphatic carbocycles. The van der Waals surface area contributed by atoms with Crippen molar-refractivity contribution in [2.45, 2.75) is 76.8 Å². The lowest BCUT2D eigenvalue weighted by Crippen LogP contribution is -2.28. The van der Waals surface area contributed by atoms with Crippen LogP contribution in [0.4, 0.5) is 17.1 Å². The van der Waals surface area contributed by atoms with Gasteiger partial charge in [0.05, 0.1) is 49.2 Å². The summed E-state index contributed by atoms with van der Waals surface area (Å²) in [4.78, 5) is 13.7. The Morgan fingerprint density at radius 1 is 1.07 bits per heavy atom. The summed E-state index contributed by atoms with van der Waals surface area (Å²) in [6.45, 7) is 10.6. The topological polar surface area (TPSA) is 142 Å². The fourth-order valence-electron chi connectivity index (χ4n) is 6.31. The summed E-state index contributed by atoms with van der Waals surface area (Å²) in [5.74, 6) is 0.327. The first-order valence-electron chi connectivity index (χ1n) is 15.9. The number of sulfonamides is 1. The van der Waals surface area contributed by atoms with Crippen LogP contribution < -0.4 is 25.1 Å². The molecule has 3 aliphatic rings. The third-order valence-electron chi connectivity index (χ3n) is 8.94. The van der Waals surface area contributed by atoms with Gasteiger partial charge in [-0.1, -0.05) is 32.1 Å². The molecule has 6 rings (SSSR count). The predicted octanol–water partition coefficient (Wildman–Crippen LogP) is 5.85. The third-order valence-corrected chi connectivity index (χ3v) is 9.53. The summed E-state index contributed by atoms with van der Waals surface area (Å²) in [5.41, 5.74) is 5.80. The molecule has 2 fully saturated rings. The van der Waals surface area contributed by atoms with Gasteiger partial charge in [0.25, 0.3) is 5.91 Å². The van der Waals surface area contributed by atoms with Crippen LogP contribution in [0.1, 0.15) is 97.2 Å². The molecule has 3 heterocycles. The van der Waals surface area contributed by atoms with Gasteiger partial charge in [-0.15, -0.1) is 0 Å². The average molecular weight is 649 g/mol. The molecule has 1 saturated heterocycles. The van der Waals surface area contributed by atoms with Crippen LogP contribution in [0.25, 0.3) is 0 Å². The summed E-state index contributed by atoms with van der Waals surface area (Å²) in [6.07, 6.45) is 7.59. The molecule has 0 bridgehead atoms. The number of aromatic nitrogens is 2. The fourth-order valence-corrected chi connectivity index (χ4v) is 6.86. The van der Waals surface area contributed by atoms with E-state index in [1.165, 1.54) is 25.6 Å². The molecule has 13 heteroatoms. The van der Waals surface area contributed by atoms with E-state index in [0.29, 0.717) is 29.8 Å². The molecule has 46 heavy (non-hydrogen) atoms. The van der Waals surface area contributed by atoms with Gasteiger partial charge in [0, 0.05) is 22.7 Å². The van der Waals surface area contributed by atoms with E-state index in [1.54, 1.807) is 12.1 Å². The molecule has 246 valence electrons. The Labute approximate surface area is 271 Å². The zero-order valence-corrected chi connectivity index (χ0v) is 28.2. The molecular weight excluding hydrogens is 604 g/mol. The van der Waals surface area contributed by atoms with Crippen LogP contribution in [-0.4, -0.2) is 57.1 Å². The summed E-state index contributed by atoms with van der Waals surface area (Å²) in [6, 6.07) is 9.40. The highest BCUT2D eigenvalue weighted by Crippen LogP contribution is 2.43. The van der Waals surface area contributed by atoms with Gasteiger partial charge in [-0.05, 0) is 86.5 Å². The third kappa shape index (κ3) is 6.75. The van der Waals surface area contributed by atoms with Gasteiger partial charge in [0.15, 0.2) is 5.75 Å². The van der Waals surface area contributed by atoms with Gasteiger partial charge in [-0.3, -0.25) is 14.2 Å². The standard InChI is InChI=1S/C33H44N8O4S/c1-20-7-8-22(32(42)36-26-16-23(33(2,3)4)17-27(31(26)45-5)38-46(6,43)44)15-29(20)40-19-28(37-39-40)25-18-35-41(24-9-10-24)30(25)21-11-13-34-14-12-21/h7-8,15-18,21,24,28,34,38H,9-14,19H2,1-6H3,(H,36,42). The molecular formula is C33H44N8O4S. The van der Waals surface area contributed by atoms with Crippen molar-refractivity contribution >= 4 is 33.0 Å². The molecule has 2 aliphatic heterocycles. The van der Waals surface area contributed by atoms with E-state index in [-0.39, 0.29) is 28.8 Å². The molecule has 2 aromatic carbocycles. The minimum absolute atomic E-state index is 0.139. The lowest BCUT2D eigenvalue weighted by Gasteiger charge is -2.25. The predicted molar refractivity (Wildman–Crippen MR) is 180 cm³/mol. The van der Waals surface area contributed by atoms with Crippen molar-refractivity contribution in [2.75, 3.05) is 48.0 Å². The van der Waals surface area contributed by atoms with E-state index >= 15 is 0 Å². The van der Waals surface area contributed by atoms with E-state index < -0.39 is 10.0 Å². The molecule has 0 radical (unpaired) electrons. The van der Waals surface area contributed by atoms with Crippen molar-refractivity contribution in [3.05, 3.63) is 64.5 Å². The monoisotopic (exact) mass is 648 g/mol. The number of carbonyl (C=O) groups is 1. The van der Waals surface area contributed by atoms with Crippen LogP contribution >= 0.6 is 0 Å². The number of piperidine rings is 1. The number of rotatable bonds is 9. The molecule has 1 aromatic heterocycles. The number of aryl methyl sites for hydroxylation is 1. The lowest BCUT2D eigenvalue weighted by atomic mass is 9.86. The Balaban J connectivity index is 1.25. The van der Waals surface area contributed by atoms with Crippen LogP contribution in [-0.2, 0) is 15.4 Å².